The number of halogens is 2. The number of para-hydroxylation sites is 1. The molecule has 0 saturated carbocycles. The van der Waals surface area contributed by atoms with Gasteiger partial charge in [-0.3, -0.25) is 14.9 Å². The van der Waals surface area contributed by atoms with Crippen LogP contribution in [0.15, 0.2) is 53.1 Å². The van der Waals surface area contributed by atoms with E-state index in [0.717, 1.165) is 0 Å². The highest BCUT2D eigenvalue weighted by molar-refractivity contribution is 6.37. The molecule has 126 valence electrons. The minimum Gasteiger partial charge on any atom is -0.267 e. The number of rotatable bonds is 3. The number of carbonyl (C=O) groups excluding carboxylic acids is 1. The molecule has 1 heterocycles. The second-order valence-electron chi connectivity index (χ2n) is 5.28. The zero-order valence-electron chi connectivity index (χ0n) is 12.9. The van der Waals surface area contributed by atoms with Gasteiger partial charge in [-0.2, -0.15) is 10.1 Å². The van der Waals surface area contributed by atoms with Crippen molar-refractivity contribution < 1.29 is 9.72 Å². The zero-order valence-corrected chi connectivity index (χ0v) is 14.5. The average molecular weight is 376 g/mol. The van der Waals surface area contributed by atoms with E-state index in [1.807, 2.05) is 6.07 Å². The summed E-state index contributed by atoms with van der Waals surface area (Å²) >= 11 is 11.9. The van der Waals surface area contributed by atoms with Gasteiger partial charge in [-0.05, 0) is 31.2 Å². The summed E-state index contributed by atoms with van der Waals surface area (Å²) in [6.45, 7) is 1.69. The number of nitro benzene ring substituents is 1. The van der Waals surface area contributed by atoms with E-state index in [4.69, 9.17) is 23.2 Å². The molecule has 0 bridgehead atoms. The largest absolute Gasteiger partial charge is 0.288 e. The van der Waals surface area contributed by atoms with Crippen LogP contribution in [-0.2, 0) is 4.79 Å². The lowest BCUT2D eigenvalue weighted by atomic mass is 10.1. The van der Waals surface area contributed by atoms with E-state index in [2.05, 4.69) is 5.10 Å². The van der Waals surface area contributed by atoms with Gasteiger partial charge in [0.1, 0.15) is 5.02 Å². The normalized spacial score (nSPS) is 15.6. The Kier molecular flexibility index (Phi) is 4.57. The van der Waals surface area contributed by atoms with Gasteiger partial charge >= 0.3 is 0 Å². The van der Waals surface area contributed by atoms with E-state index in [0.29, 0.717) is 22.5 Å². The fraction of sp³-hybridized carbons (Fsp3) is 0.0588. The Morgan fingerprint density at radius 1 is 1.16 bits per heavy atom. The average Bonchev–Trinajstić information content (AvgIpc) is 2.85. The molecule has 0 spiro atoms. The van der Waals surface area contributed by atoms with Crippen molar-refractivity contribution in [1.82, 2.24) is 0 Å². The van der Waals surface area contributed by atoms with Gasteiger partial charge in [-0.15, -0.1) is 0 Å². The Balaban J connectivity index is 2.03. The summed E-state index contributed by atoms with van der Waals surface area (Å²) < 4.78 is 0. The molecule has 2 aromatic rings. The number of carbonyl (C=O) groups is 1. The van der Waals surface area contributed by atoms with Gasteiger partial charge in [0.15, 0.2) is 0 Å². The molecule has 0 radical (unpaired) electrons. The lowest BCUT2D eigenvalue weighted by Gasteiger charge is -2.11. The molecular formula is C17H11Cl2N3O3. The molecule has 0 aliphatic carbocycles. The van der Waals surface area contributed by atoms with E-state index in [1.165, 1.54) is 23.2 Å². The Labute approximate surface area is 153 Å². The maximum Gasteiger partial charge on any atom is 0.288 e. The molecule has 1 amide bonds. The molecule has 2 aromatic carbocycles. The molecule has 6 nitrogen and oxygen atoms in total. The van der Waals surface area contributed by atoms with Crippen LogP contribution in [0.3, 0.4) is 0 Å². The third-order valence-corrected chi connectivity index (χ3v) is 4.26. The molecular weight excluding hydrogens is 365 g/mol. The molecule has 0 aromatic heterocycles. The van der Waals surface area contributed by atoms with Crippen LogP contribution in [0.5, 0.6) is 0 Å². The van der Waals surface area contributed by atoms with E-state index in [1.54, 1.807) is 31.2 Å². The first-order chi connectivity index (χ1) is 11.9. The van der Waals surface area contributed by atoms with Crippen LogP contribution < -0.4 is 5.01 Å². The van der Waals surface area contributed by atoms with Crippen molar-refractivity contribution in [2.75, 3.05) is 5.01 Å². The maximum absolute atomic E-state index is 12.7. The van der Waals surface area contributed by atoms with E-state index < -0.39 is 4.92 Å². The Hall–Kier alpha value is -2.70. The summed E-state index contributed by atoms with van der Waals surface area (Å²) in [5.74, 6) is -0.336. The number of benzene rings is 2. The van der Waals surface area contributed by atoms with Crippen molar-refractivity contribution in [1.29, 1.82) is 0 Å². The summed E-state index contributed by atoms with van der Waals surface area (Å²) in [7, 11) is 0. The monoisotopic (exact) mass is 375 g/mol. The number of hydrogen-bond acceptors (Lipinski definition) is 4. The molecule has 0 unspecified atom stereocenters. The summed E-state index contributed by atoms with van der Waals surface area (Å²) in [6, 6.07) is 11.5. The molecule has 0 N–H and O–H groups in total. The van der Waals surface area contributed by atoms with Crippen LogP contribution in [0.1, 0.15) is 12.5 Å². The Morgan fingerprint density at radius 3 is 2.48 bits per heavy atom. The Bertz CT molecular complexity index is 940. The summed E-state index contributed by atoms with van der Waals surface area (Å²) in [5.41, 5.74) is 1.47. The fourth-order valence-corrected chi connectivity index (χ4v) is 2.89. The molecule has 25 heavy (non-hydrogen) atoms. The van der Waals surface area contributed by atoms with Gasteiger partial charge in [0.2, 0.25) is 0 Å². The van der Waals surface area contributed by atoms with Crippen LogP contribution in [0.2, 0.25) is 10.0 Å². The van der Waals surface area contributed by atoms with E-state index in [-0.39, 0.29) is 21.6 Å². The number of nitrogens with zero attached hydrogens (tertiary/aromatic N) is 3. The highest BCUT2D eigenvalue weighted by atomic mass is 35.5. The van der Waals surface area contributed by atoms with Gasteiger partial charge in [0.25, 0.3) is 11.6 Å². The molecule has 8 heteroatoms. The van der Waals surface area contributed by atoms with Crippen molar-refractivity contribution in [2.24, 2.45) is 5.10 Å². The van der Waals surface area contributed by atoms with Gasteiger partial charge in [0.05, 0.1) is 21.9 Å². The first kappa shape index (κ1) is 17.1. The second kappa shape index (κ2) is 6.66. The number of hydrogen-bond donors (Lipinski definition) is 0. The fourth-order valence-electron chi connectivity index (χ4n) is 2.39. The number of amides is 1. The van der Waals surface area contributed by atoms with Crippen LogP contribution in [0.25, 0.3) is 6.08 Å². The highest BCUT2D eigenvalue weighted by Gasteiger charge is 2.29. The van der Waals surface area contributed by atoms with Crippen LogP contribution in [0.4, 0.5) is 11.4 Å². The topological polar surface area (TPSA) is 75.8 Å². The lowest BCUT2D eigenvalue weighted by Crippen LogP contribution is -2.21. The Morgan fingerprint density at radius 2 is 1.84 bits per heavy atom. The number of hydrazone groups is 1. The number of nitro groups is 1. The highest BCUT2D eigenvalue weighted by Crippen LogP contribution is 2.33. The smallest absolute Gasteiger partial charge is 0.267 e. The summed E-state index contributed by atoms with van der Waals surface area (Å²) in [4.78, 5) is 23.1. The predicted octanol–water partition coefficient (Wildman–Crippen LogP) is 4.71. The van der Waals surface area contributed by atoms with Crippen LogP contribution in [0, 0.1) is 10.1 Å². The van der Waals surface area contributed by atoms with Gasteiger partial charge in [-0.25, -0.2) is 0 Å². The van der Waals surface area contributed by atoms with Crippen LogP contribution in [-0.4, -0.2) is 16.5 Å². The first-order valence-electron chi connectivity index (χ1n) is 7.18. The first-order valence-corrected chi connectivity index (χ1v) is 7.94. The minimum atomic E-state index is -0.603. The zero-order chi connectivity index (χ0) is 18.1. The molecule has 3 rings (SSSR count). The quantitative estimate of drug-likeness (QED) is 0.442. The van der Waals surface area contributed by atoms with Crippen molar-refractivity contribution in [2.45, 2.75) is 6.92 Å². The molecule has 0 atom stereocenters. The number of anilines is 1. The van der Waals surface area contributed by atoms with E-state index >= 15 is 0 Å². The van der Waals surface area contributed by atoms with Gasteiger partial charge in [-0.1, -0.05) is 41.4 Å². The SMILES string of the molecule is CC1=NN(c2ccccc2)C(=O)/C1=C\c1cc([N+](=O)[O-])c(Cl)cc1Cl. The molecule has 0 fully saturated rings. The van der Waals surface area contributed by atoms with Gasteiger partial charge < -0.3 is 0 Å². The maximum atomic E-state index is 12.7. The summed E-state index contributed by atoms with van der Waals surface area (Å²) in [6.07, 6.45) is 1.48. The predicted molar refractivity (Wildman–Crippen MR) is 98.1 cm³/mol. The molecule has 0 saturated heterocycles. The molecule has 1 aliphatic rings. The van der Waals surface area contributed by atoms with Gasteiger partial charge in [0, 0.05) is 16.7 Å². The minimum absolute atomic E-state index is 0.0637. The standard InChI is InChI=1S/C17H11Cl2N3O3/c1-10-13(17(23)21(20-10)12-5-3-2-4-6-12)7-11-8-16(22(24)25)15(19)9-14(11)18/h2-9H,1H3/b13-7-. The lowest BCUT2D eigenvalue weighted by molar-refractivity contribution is -0.384. The van der Waals surface area contributed by atoms with Crippen molar-refractivity contribution in [3.8, 4) is 0 Å². The van der Waals surface area contributed by atoms with Crippen molar-refractivity contribution in [3.63, 3.8) is 0 Å². The van der Waals surface area contributed by atoms with E-state index in [9.17, 15) is 14.9 Å². The summed E-state index contributed by atoms with van der Waals surface area (Å²) in [5, 5.41) is 16.7. The third-order valence-electron chi connectivity index (χ3n) is 3.63. The van der Waals surface area contributed by atoms with Crippen molar-refractivity contribution >= 4 is 52.3 Å². The van der Waals surface area contributed by atoms with Crippen LogP contribution >= 0.6 is 23.2 Å². The third kappa shape index (κ3) is 3.26. The second-order valence-corrected chi connectivity index (χ2v) is 6.09. The van der Waals surface area contributed by atoms with Crippen molar-refractivity contribution in [3.05, 3.63) is 73.8 Å². The molecule has 1 aliphatic heterocycles.